The van der Waals surface area contributed by atoms with Crippen LogP contribution in [0.4, 0.5) is 0 Å². The average molecular weight is 363 g/mol. The molecule has 0 spiro atoms. The summed E-state index contributed by atoms with van der Waals surface area (Å²) in [4.78, 5) is 24.9. The maximum Gasteiger partial charge on any atom is 0.337 e. The third kappa shape index (κ3) is 3.58. The fourth-order valence-corrected chi connectivity index (χ4v) is 2.93. The number of alkyl halides is 1. The van der Waals surface area contributed by atoms with E-state index in [1.165, 1.54) is 11.3 Å². The van der Waals surface area contributed by atoms with Crippen LogP contribution < -0.4 is 4.80 Å². The van der Waals surface area contributed by atoms with Gasteiger partial charge in [-0.05, 0) is 19.3 Å². The van der Waals surface area contributed by atoms with Gasteiger partial charge in [0.2, 0.25) is 0 Å². The molecule has 7 heteroatoms. The number of carbonyl (C=O) groups excluding carboxylic acids is 2. The first-order valence-corrected chi connectivity index (χ1v) is 8.07. The van der Waals surface area contributed by atoms with Crippen LogP contribution in [0.25, 0.3) is 0 Å². The lowest BCUT2D eigenvalue weighted by atomic mass is 9.86. The number of rotatable bonds is 3. The SMILES string of the molecule is Cc1sc(=N)n(C(C(=O)OC(=O)CBr)C(C)(C)C)c1C. The number of aryl methyl sites for hydroxylation is 1. The van der Waals surface area contributed by atoms with Gasteiger partial charge in [0.25, 0.3) is 0 Å². The molecule has 0 saturated heterocycles. The Hall–Kier alpha value is -0.950. The lowest BCUT2D eigenvalue weighted by Gasteiger charge is -2.30. The molecule has 1 heterocycles. The van der Waals surface area contributed by atoms with Gasteiger partial charge in [-0.25, -0.2) is 4.79 Å². The number of hydrogen-bond acceptors (Lipinski definition) is 5. The first kappa shape index (κ1) is 17.1. The Balaban J connectivity index is 3.31. The van der Waals surface area contributed by atoms with E-state index in [1.807, 2.05) is 34.6 Å². The maximum atomic E-state index is 12.3. The number of halogens is 1. The van der Waals surface area contributed by atoms with Crippen molar-refractivity contribution in [1.29, 1.82) is 5.41 Å². The van der Waals surface area contributed by atoms with Gasteiger partial charge in [0.15, 0.2) is 4.80 Å². The number of carbonyl (C=O) groups is 2. The molecular formula is C13H19BrN2O3S. The van der Waals surface area contributed by atoms with Crippen molar-refractivity contribution in [3.05, 3.63) is 15.4 Å². The summed E-state index contributed by atoms with van der Waals surface area (Å²) in [6.07, 6.45) is 0. The lowest BCUT2D eigenvalue weighted by Crippen LogP contribution is -2.38. The van der Waals surface area contributed by atoms with Crippen molar-refractivity contribution in [2.75, 3.05) is 5.33 Å². The van der Waals surface area contributed by atoms with Crippen LogP contribution in [0.5, 0.6) is 0 Å². The highest BCUT2D eigenvalue weighted by Gasteiger charge is 2.37. The minimum atomic E-state index is -0.706. The van der Waals surface area contributed by atoms with E-state index in [-0.39, 0.29) is 10.1 Å². The Morgan fingerprint density at radius 2 is 1.95 bits per heavy atom. The largest absolute Gasteiger partial charge is 0.391 e. The fourth-order valence-electron chi connectivity index (χ4n) is 1.94. The summed E-state index contributed by atoms with van der Waals surface area (Å²) < 4.78 is 6.48. The number of nitrogens with zero attached hydrogens (tertiary/aromatic N) is 1. The van der Waals surface area contributed by atoms with E-state index in [0.29, 0.717) is 0 Å². The topological polar surface area (TPSA) is 72.2 Å². The molecule has 1 rings (SSSR count). The van der Waals surface area contributed by atoms with Crippen LogP contribution >= 0.6 is 27.3 Å². The van der Waals surface area contributed by atoms with Crippen LogP contribution in [0.15, 0.2) is 0 Å². The molecule has 5 nitrogen and oxygen atoms in total. The van der Waals surface area contributed by atoms with E-state index in [2.05, 4.69) is 15.9 Å². The zero-order valence-corrected chi connectivity index (χ0v) is 14.6. The predicted octanol–water partition coefficient (Wildman–Crippen LogP) is 2.70. The van der Waals surface area contributed by atoms with E-state index >= 15 is 0 Å². The maximum absolute atomic E-state index is 12.3. The first-order chi connectivity index (χ1) is 9.09. The molecule has 0 saturated carbocycles. The van der Waals surface area contributed by atoms with Crippen molar-refractivity contribution in [2.45, 2.75) is 40.7 Å². The van der Waals surface area contributed by atoms with Crippen molar-refractivity contribution in [3.63, 3.8) is 0 Å². The van der Waals surface area contributed by atoms with E-state index in [9.17, 15) is 9.59 Å². The standard InChI is InChI=1S/C13H19BrN2O3S/c1-7-8(2)20-12(15)16(7)10(13(3,4)5)11(18)19-9(17)6-14/h10,15H,6H2,1-5H3. The van der Waals surface area contributed by atoms with E-state index in [0.717, 1.165) is 10.6 Å². The Labute approximate surface area is 130 Å². The van der Waals surface area contributed by atoms with Crippen LogP contribution in [0, 0.1) is 24.7 Å². The van der Waals surface area contributed by atoms with Gasteiger partial charge in [-0.2, -0.15) is 0 Å². The molecule has 1 aromatic rings. The number of hydrogen-bond donors (Lipinski definition) is 1. The van der Waals surface area contributed by atoms with Gasteiger partial charge in [0.05, 0.1) is 0 Å². The van der Waals surface area contributed by atoms with E-state index < -0.39 is 23.4 Å². The molecule has 0 aromatic carbocycles. The van der Waals surface area contributed by atoms with Gasteiger partial charge in [-0.1, -0.05) is 36.7 Å². The zero-order chi connectivity index (χ0) is 15.7. The average Bonchev–Trinajstić information content (AvgIpc) is 2.54. The normalized spacial score (nSPS) is 13.1. The highest BCUT2D eigenvalue weighted by atomic mass is 79.9. The highest BCUT2D eigenvalue weighted by molar-refractivity contribution is 9.09. The van der Waals surface area contributed by atoms with Gasteiger partial charge in [-0.3, -0.25) is 10.2 Å². The quantitative estimate of drug-likeness (QED) is 0.510. The molecule has 0 bridgehead atoms. The van der Waals surface area contributed by atoms with Crippen LogP contribution in [0.3, 0.4) is 0 Å². The number of aromatic nitrogens is 1. The van der Waals surface area contributed by atoms with Gasteiger partial charge in [0, 0.05) is 10.6 Å². The second kappa shape index (κ2) is 6.22. The number of thiazole rings is 1. The van der Waals surface area contributed by atoms with Gasteiger partial charge < -0.3 is 9.30 Å². The molecule has 0 radical (unpaired) electrons. The summed E-state index contributed by atoms with van der Waals surface area (Å²) >= 11 is 4.27. The third-order valence-electron chi connectivity index (χ3n) is 2.96. The minimum Gasteiger partial charge on any atom is -0.391 e. The molecule has 0 aliphatic rings. The monoisotopic (exact) mass is 362 g/mol. The zero-order valence-electron chi connectivity index (χ0n) is 12.2. The second-order valence-corrected chi connectivity index (χ2v) is 7.38. The summed E-state index contributed by atoms with van der Waals surface area (Å²) in [6, 6.07) is -0.706. The predicted molar refractivity (Wildman–Crippen MR) is 81.0 cm³/mol. The molecule has 0 aliphatic carbocycles. The molecule has 0 fully saturated rings. The molecule has 1 unspecified atom stereocenters. The van der Waals surface area contributed by atoms with Gasteiger partial charge >= 0.3 is 11.9 Å². The summed E-state index contributed by atoms with van der Waals surface area (Å²) in [5.41, 5.74) is 0.380. The van der Waals surface area contributed by atoms with E-state index in [1.54, 1.807) is 4.57 Å². The summed E-state index contributed by atoms with van der Waals surface area (Å²) in [7, 11) is 0. The van der Waals surface area contributed by atoms with Crippen molar-refractivity contribution in [1.82, 2.24) is 4.57 Å². The van der Waals surface area contributed by atoms with Crippen LogP contribution in [-0.2, 0) is 14.3 Å². The minimum absolute atomic E-state index is 0.0321. The summed E-state index contributed by atoms with van der Waals surface area (Å²) in [6.45, 7) is 9.43. The van der Waals surface area contributed by atoms with Crippen molar-refractivity contribution in [3.8, 4) is 0 Å². The Morgan fingerprint density at radius 3 is 2.30 bits per heavy atom. The smallest absolute Gasteiger partial charge is 0.337 e. The second-order valence-electron chi connectivity index (χ2n) is 5.61. The lowest BCUT2D eigenvalue weighted by molar-refractivity contribution is -0.162. The summed E-state index contributed by atoms with van der Waals surface area (Å²) in [5.74, 6) is -1.25. The van der Waals surface area contributed by atoms with Crippen LogP contribution in [0.1, 0.15) is 37.4 Å². The van der Waals surface area contributed by atoms with Gasteiger partial charge in [-0.15, -0.1) is 11.3 Å². The highest BCUT2D eigenvalue weighted by Crippen LogP contribution is 2.33. The Bertz CT molecular complexity index is 583. The van der Waals surface area contributed by atoms with E-state index in [4.69, 9.17) is 10.1 Å². The molecule has 1 aromatic heterocycles. The first-order valence-electron chi connectivity index (χ1n) is 6.13. The number of nitrogens with one attached hydrogen (secondary N) is 1. The molecule has 112 valence electrons. The Kier molecular flexibility index (Phi) is 5.32. The molecule has 0 amide bonds. The molecule has 1 N–H and O–H groups in total. The van der Waals surface area contributed by atoms with Crippen LogP contribution in [-0.4, -0.2) is 21.8 Å². The molecule has 0 aliphatic heterocycles. The fraction of sp³-hybridized carbons (Fsp3) is 0.615. The summed E-state index contributed by atoms with van der Waals surface area (Å²) in [5, 5.41) is 8.01. The molecule has 20 heavy (non-hydrogen) atoms. The van der Waals surface area contributed by atoms with Crippen molar-refractivity contribution < 1.29 is 14.3 Å². The number of esters is 2. The molecular weight excluding hydrogens is 344 g/mol. The van der Waals surface area contributed by atoms with Crippen LogP contribution in [0.2, 0.25) is 0 Å². The third-order valence-corrected chi connectivity index (χ3v) is 4.41. The number of ether oxygens (including phenoxy) is 1. The molecule has 1 atom stereocenters. The Morgan fingerprint density at radius 1 is 1.40 bits per heavy atom. The van der Waals surface area contributed by atoms with Crippen molar-refractivity contribution >= 4 is 39.2 Å². The van der Waals surface area contributed by atoms with Crippen molar-refractivity contribution in [2.24, 2.45) is 5.41 Å². The van der Waals surface area contributed by atoms with Gasteiger partial charge in [0.1, 0.15) is 11.4 Å².